The lowest BCUT2D eigenvalue weighted by Crippen LogP contribution is -2.37. The van der Waals surface area contributed by atoms with E-state index >= 15 is 0 Å². The average molecular weight is 448 g/mol. The van der Waals surface area contributed by atoms with Crippen LogP contribution in [0.25, 0.3) is 0 Å². The van der Waals surface area contributed by atoms with Crippen LogP contribution in [0.4, 0.5) is 5.69 Å². The summed E-state index contributed by atoms with van der Waals surface area (Å²) in [6.45, 7) is 5.87. The van der Waals surface area contributed by atoms with E-state index < -0.39 is 10.0 Å². The van der Waals surface area contributed by atoms with Gasteiger partial charge in [0.25, 0.3) is 5.91 Å². The van der Waals surface area contributed by atoms with E-state index in [-0.39, 0.29) is 17.3 Å². The number of benzene rings is 2. The Morgan fingerprint density at radius 1 is 0.968 bits per heavy atom. The maximum atomic E-state index is 13.3. The van der Waals surface area contributed by atoms with Crippen molar-refractivity contribution in [3.8, 4) is 11.5 Å². The molecule has 31 heavy (non-hydrogen) atoms. The molecular weight excluding hydrogens is 418 g/mol. The van der Waals surface area contributed by atoms with Crippen molar-refractivity contribution >= 4 is 21.6 Å². The molecule has 2 aromatic carbocycles. The van der Waals surface area contributed by atoms with E-state index in [4.69, 9.17) is 15.2 Å². The second-order valence-electron chi connectivity index (χ2n) is 7.15. The van der Waals surface area contributed by atoms with E-state index in [0.717, 1.165) is 0 Å². The van der Waals surface area contributed by atoms with Crippen LogP contribution in [-0.4, -0.2) is 62.9 Å². The molecule has 0 radical (unpaired) electrons. The number of ether oxygens (including phenoxy) is 2. The van der Waals surface area contributed by atoms with Gasteiger partial charge in [0.15, 0.2) is 11.5 Å². The lowest BCUT2D eigenvalue weighted by molar-refractivity contribution is 0.0764. The number of nitrogens with zero attached hydrogens (tertiary/aromatic N) is 2. The molecule has 0 bridgehead atoms. The number of nitrogens with two attached hydrogens (primary N) is 1. The Morgan fingerprint density at radius 2 is 1.71 bits per heavy atom. The fraction of sp³-hybridized carbons (Fsp3) is 0.409. The summed E-state index contributed by atoms with van der Waals surface area (Å²) in [6.07, 6.45) is 0.544. The minimum absolute atomic E-state index is 0.147. The molecule has 1 aliphatic heterocycles. The van der Waals surface area contributed by atoms with Crippen LogP contribution < -0.4 is 15.2 Å². The molecule has 9 heteroatoms. The van der Waals surface area contributed by atoms with Crippen LogP contribution in [0.15, 0.2) is 47.4 Å². The van der Waals surface area contributed by atoms with Gasteiger partial charge in [-0.15, -0.1) is 0 Å². The zero-order valence-electron chi connectivity index (χ0n) is 17.9. The number of hydrogen-bond donors (Lipinski definition) is 1. The summed E-state index contributed by atoms with van der Waals surface area (Å²) < 4.78 is 39.1. The highest BCUT2D eigenvalue weighted by molar-refractivity contribution is 7.89. The summed E-state index contributed by atoms with van der Waals surface area (Å²) >= 11 is 0. The van der Waals surface area contributed by atoms with Gasteiger partial charge in [0.05, 0.1) is 18.1 Å². The molecule has 8 nitrogen and oxygen atoms in total. The van der Waals surface area contributed by atoms with Crippen molar-refractivity contribution in [2.45, 2.75) is 25.2 Å². The third-order valence-electron chi connectivity index (χ3n) is 5.03. The van der Waals surface area contributed by atoms with E-state index in [9.17, 15) is 13.2 Å². The van der Waals surface area contributed by atoms with E-state index in [2.05, 4.69) is 0 Å². The molecule has 0 aliphatic carbocycles. The van der Waals surface area contributed by atoms with Crippen molar-refractivity contribution in [2.24, 2.45) is 0 Å². The van der Waals surface area contributed by atoms with E-state index in [1.165, 1.54) is 16.4 Å². The lowest BCUT2D eigenvalue weighted by atomic mass is 10.1. The molecule has 1 heterocycles. The van der Waals surface area contributed by atoms with Gasteiger partial charge < -0.3 is 20.1 Å². The quantitative estimate of drug-likeness (QED) is 0.655. The number of nitrogen functional groups attached to an aromatic ring is 1. The fourth-order valence-corrected chi connectivity index (χ4v) is 5.02. The normalized spacial score (nSPS) is 15.4. The molecule has 0 saturated carbocycles. The molecule has 1 saturated heterocycles. The molecular formula is C22H29N3O5S. The van der Waals surface area contributed by atoms with Gasteiger partial charge >= 0.3 is 0 Å². The smallest absolute Gasteiger partial charge is 0.253 e. The number of rotatable bonds is 7. The molecule has 0 spiro atoms. The molecule has 2 N–H and O–H groups in total. The first-order chi connectivity index (χ1) is 14.9. The van der Waals surface area contributed by atoms with E-state index in [0.29, 0.717) is 62.0 Å². The molecule has 1 aliphatic rings. The molecule has 1 fully saturated rings. The van der Waals surface area contributed by atoms with Crippen molar-refractivity contribution in [3.05, 3.63) is 48.0 Å². The van der Waals surface area contributed by atoms with Gasteiger partial charge in [0.2, 0.25) is 10.0 Å². The largest absolute Gasteiger partial charge is 0.490 e. The summed E-state index contributed by atoms with van der Waals surface area (Å²) in [6, 6.07) is 11.5. The summed E-state index contributed by atoms with van der Waals surface area (Å²) in [5.41, 5.74) is 6.81. The first-order valence-corrected chi connectivity index (χ1v) is 11.9. The fourth-order valence-electron chi connectivity index (χ4n) is 3.53. The van der Waals surface area contributed by atoms with Gasteiger partial charge in [-0.3, -0.25) is 4.79 Å². The monoisotopic (exact) mass is 447 g/mol. The van der Waals surface area contributed by atoms with Crippen LogP contribution >= 0.6 is 0 Å². The van der Waals surface area contributed by atoms with E-state index in [1.54, 1.807) is 35.2 Å². The number of carbonyl (C=O) groups excluding carboxylic acids is 1. The number of carbonyl (C=O) groups is 1. The summed E-state index contributed by atoms with van der Waals surface area (Å²) in [7, 11) is -3.74. The predicted octanol–water partition coefficient (Wildman–Crippen LogP) is 2.60. The Hall–Kier alpha value is -2.78. The topological polar surface area (TPSA) is 102 Å². The van der Waals surface area contributed by atoms with Crippen molar-refractivity contribution in [2.75, 3.05) is 45.1 Å². The predicted molar refractivity (Wildman–Crippen MR) is 119 cm³/mol. The zero-order chi connectivity index (χ0) is 22.4. The highest BCUT2D eigenvalue weighted by Gasteiger charge is 2.29. The Morgan fingerprint density at radius 3 is 2.42 bits per heavy atom. The molecule has 0 aromatic heterocycles. The Labute approximate surface area is 183 Å². The van der Waals surface area contributed by atoms with Crippen LogP contribution in [0.3, 0.4) is 0 Å². The van der Waals surface area contributed by atoms with Crippen molar-refractivity contribution < 1.29 is 22.7 Å². The van der Waals surface area contributed by atoms with Gasteiger partial charge in [0, 0.05) is 43.5 Å². The van der Waals surface area contributed by atoms with Crippen LogP contribution in [0.2, 0.25) is 0 Å². The summed E-state index contributed by atoms with van der Waals surface area (Å²) in [4.78, 5) is 14.6. The zero-order valence-corrected chi connectivity index (χ0v) is 18.7. The first kappa shape index (κ1) is 22.9. The first-order valence-electron chi connectivity index (χ1n) is 10.4. The van der Waals surface area contributed by atoms with Crippen LogP contribution in [0, 0.1) is 0 Å². The molecule has 1 amide bonds. The SMILES string of the molecule is CCOc1ccc(S(=O)(=O)N2CCCN(C(=O)c3cccc(N)c3)CC2)cc1OCC. The lowest BCUT2D eigenvalue weighted by Gasteiger charge is -2.22. The second kappa shape index (κ2) is 10.0. The average Bonchev–Trinajstić information content (AvgIpc) is 3.01. The van der Waals surface area contributed by atoms with Crippen molar-refractivity contribution in [1.29, 1.82) is 0 Å². The van der Waals surface area contributed by atoms with Crippen molar-refractivity contribution in [1.82, 2.24) is 9.21 Å². The molecule has 0 unspecified atom stereocenters. The maximum absolute atomic E-state index is 13.3. The second-order valence-corrected chi connectivity index (χ2v) is 9.09. The number of hydrogen-bond acceptors (Lipinski definition) is 6. The third kappa shape index (κ3) is 5.29. The van der Waals surface area contributed by atoms with Crippen LogP contribution in [-0.2, 0) is 10.0 Å². The number of amides is 1. The Kier molecular flexibility index (Phi) is 7.40. The van der Waals surface area contributed by atoms with Gasteiger partial charge in [-0.1, -0.05) is 6.07 Å². The Bertz CT molecular complexity index is 1030. The van der Waals surface area contributed by atoms with Crippen molar-refractivity contribution in [3.63, 3.8) is 0 Å². The van der Waals surface area contributed by atoms with E-state index in [1.807, 2.05) is 13.8 Å². The number of anilines is 1. The highest BCUT2D eigenvalue weighted by atomic mass is 32.2. The minimum Gasteiger partial charge on any atom is -0.490 e. The van der Waals surface area contributed by atoms with Crippen LogP contribution in [0.1, 0.15) is 30.6 Å². The standard InChI is InChI=1S/C22H29N3O5S/c1-3-29-20-10-9-19(16-21(20)30-4-2)31(27,28)25-12-6-11-24(13-14-25)22(26)17-7-5-8-18(23)15-17/h5,7-10,15-16H,3-4,6,11-14,23H2,1-2H3. The molecule has 168 valence electrons. The highest BCUT2D eigenvalue weighted by Crippen LogP contribution is 2.31. The third-order valence-corrected chi connectivity index (χ3v) is 6.92. The maximum Gasteiger partial charge on any atom is 0.253 e. The Balaban J connectivity index is 1.77. The molecule has 3 rings (SSSR count). The number of sulfonamides is 1. The summed E-state index contributed by atoms with van der Waals surface area (Å²) in [5.74, 6) is 0.767. The minimum atomic E-state index is -3.74. The van der Waals surface area contributed by atoms with Gasteiger partial charge in [0.1, 0.15) is 0 Å². The van der Waals surface area contributed by atoms with Gasteiger partial charge in [-0.05, 0) is 50.6 Å². The molecule has 2 aromatic rings. The molecule has 0 atom stereocenters. The van der Waals surface area contributed by atoms with Gasteiger partial charge in [-0.2, -0.15) is 4.31 Å². The van der Waals surface area contributed by atoms with Crippen LogP contribution in [0.5, 0.6) is 11.5 Å². The summed E-state index contributed by atoms with van der Waals surface area (Å²) in [5, 5.41) is 0. The van der Waals surface area contributed by atoms with Gasteiger partial charge in [-0.25, -0.2) is 8.42 Å².